The zero-order valence-corrected chi connectivity index (χ0v) is 17.7. The van der Waals surface area contributed by atoms with Gasteiger partial charge in [-0.2, -0.15) is 0 Å². The van der Waals surface area contributed by atoms with E-state index in [1.165, 1.54) is 22.0 Å². The maximum absolute atomic E-state index is 11.6. The maximum atomic E-state index is 11.6. The predicted octanol–water partition coefficient (Wildman–Crippen LogP) is 4.56. The first-order chi connectivity index (χ1) is 14.4. The van der Waals surface area contributed by atoms with Crippen molar-refractivity contribution in [2.75, 3.05) is 5.32 Å². The second kappa shape index (κ2) is 10.8. The van der Waals surface area contributed by atoms with Crippen LogP contribution in [0.25, 0.3) is 11.3 Å². The second-order valence-corrected chi connectivity index (χ2v) is 6.78. The predicted molar refractivity (Wildman–Crippen MR) is 121 cm³/mol. The number of urea groups is 1. The van der Waals surface area contributed by atoms with E-state index in [0.29, 0.717) is 0 Å². The standard InChI is InChI=1S/C23H29N5O2/c1-4-7-10-16(8-5-2)19(9-6-3)17-11-13-18(14-12-17)28-15-20(21(24)29)22(27-28)26-23(25)30/h5-6,8-9,11-15H,4,7,10H2,1-3H3,(H2,24,29)(H3,25,26,27,30)/b8-5-,9-6-,19-16+. The van der Waals surface area contributed by atoms with Crippen LogP contribution in [0.5, 0.6) is 0 Å². The summed E-state index contributed by atoms with van der Waals surface area (Å²) in [6, 6.07) is 7.00. The summed E-state index contributed by atoms with van der Waals surface area (Å²) in [5.74, 6) is -0.671. The highest BCUT2D eigenvalue weighted by molar-refractivity contribution is 6.01. The number of allylic oxidation sites excluding steroid dienone is 6. The van der Waals surface area contributed by atoms with Gasteiger partial charge >= 0.3 is 6.03 Å². The monoisotopic (exact) mass is 407 g/mol. The molecule has 0 aliphatic rings. The van der Waals surface area contributed by atoms with Crippen molar-refractivity contribution in [1.82, 2.24) is 9.78 Å². The zero-order valence-electron chi connectivity index (χ0n) is 17.7. The van der Waals surface area contributed by atoms with Crippen LogP contribution in [0, 0.1) is 0 Å². The van der Waals surface area contributed by atoms with E-state index in [2.05, 4.69) is 35.6 Å². The van der Waals surface area contributed by atoms with Crippen molar-refractivity contribution in [1.29, 1.82) is 0 Å². The average molecular weight is 408 g/mol. The number of anilines is 1. The molecule has 158 valence electrons. The van der Waals surface area contributed by atoms with Gasteiger partial charge in [0, 0.05) is 6.20 Å². The fraction of sp³-hybridized carbons (Fsp3) is 0.261. The van der Waals surface area contributed by atoms with Crippen LogP contribution in [-0.4, -0.2) is 21.7 Å². The number of unbranched alkanes of at least 4 members (excludes halogenated alkanes) is 1. The Hall–Kier alpha value is -3.61. The number of rotatable bonds is 9. The number of hydrogen-bond donors (Lipinski definition) is 3. The Morgan fingerprint density at radius 3 is 2.30 bits per heavy atom. The molecule has 2 rings (SSSR count). The minimum atomic E-state index is -0.817. The van der Waals surface area contributed by atoms with E-state index in [9.17, 15) is 9.59 Å². The largest absolute Gasteiger partial charge is 0.365 e. The van der Waals surface area contributed by atoms with Crippen molar-refractivity contribution in [3.05, 3.63) is 71.5 Å². The molecule has 7 heteroatoms. The lowest BCUT2D eigenvalue weighted by Gasteiger charge is -2.11. The Morgan fingerprint density at radius 2 is 1.77 bits per heavy atom. The highest BCUT2D eigenvalue weighted by atomic mass is 16.2. The van der Waals surface area contributed by atoms with Crippen molar-refractivity contribution in [3.8, 4) is 5.69 Å². The van der Waals surface area contributed by atoms with Crippen LogP contribution in [0.2, 0.25) is 0 Å². The van der Waals surface area contributed by atoms with Crippen LogP contribution in [0.1, 0.15) is 56.0 Å². The molecule has 0 radical (unpaired) electrons. The lowest BCUT2D eigenvalue weighted by Crippen LogP contribution is -2.22. The molecule has 1 aromatic carbocycles. The van der Waals surface area contributed by atoms with Gasteiger partial charge in [-0.15, -0.1) is 5.10 Å². The number of carbonyl (C=O) groups is 2. The fourth-order valence-electron chi connectivity index (χ4n) is 3.12. The normalized spacial score (nSPS) is 12.4. The van der Waals surface area contributed by atoms with E-state index in [1.54, 1.807) is 0 Å². The maximum Gasteiger partial charge on any atom is 0.317 e. The molecule has 1 aromatic heterocycles. The highest BCUT2D eigenvalue weighted by Crippen LogP contribution is 2.26. The number of primary amides is 2. The molecule has 3 amide bonds. The van der Waals surface area contributed by atoms with E-state index in [-0.39, 0.29) is 11.4 Å². The van der Waals surface area contributed by atoms with E-state index in [1.807, 2.05) is 44.2 Å². The summed E-state index contributed by atoms with van der Waals surface area (Å²) in [6.07, 6.45) is 13.1. The minimum absolute atomic E-state index is 0.0310. The first kappa shape index (κ1) is 22.7. The van der Waals surface area contributed by atoms with Crippen molar-refractivity contribution in [2.24, 2.45) is 11.5 Å². The molecule has 0 aliphatic carbocycles. The van der Waals surface area contributed by atoms with Crippen LogP contribution >= 0.6 is 0 Å². The molecule has 2 aromatic rings. The lowest BCUT2D eigenvalue weighted by atomic mass is 9.95. The quantitative estimate of drug-likeness (QED) is 0.529. The topological polar surface area (TPSA) is 116 Å². The summed E-state index contributed by atoms with van der Waals surface area (Å²) in [7, 11) is 0. The van der Waals surface area contributed by atoms with Crippen LogP contribution < -0.4 is 16.8 Å². The van der Waals surface area contributed by atoms with Crippen LogP contribution in [-0.2, 0) is 0 Å². The van der Waals surface area contributed by atoms with Gasteiger partial charge in [-0.25, -0.2) is 9.48 Å². The average Bonchev–Trinajstić information content (AvgIpc) is 3.13. The van der Waals surface area contributed by atoms with Gasteiger partial charge in [0.1, 0.15) is 5.56 Å². The Bertz CT molecular complexity index is 982. The molecule has 0 bridgehead atoms. The number of nitrogens with zero attached hydrogens (tertiary/aromatic N) is 2. The Labute approximate surface area is 177 Å². The van der Waals surface area contributed by atoms with Crippen molar-refractivity contribution in [3.63, 3.8) is 0 Å². The van der Waals surface area contributed by atoms with Gasteiger partial charge in [0.25, 0.3) is 5.91 Å². The van der Waals surface area contributed by atoms with Crippen LogP contribution in [0.3, 0.4) is 0 Å². The van der Waals surface area contributed by atoms with Gasteiger partial charge in [0.2, 0.25) is 0 Å². The van der Waals surface area contributed by atoms with E-state index in [4.69, 9.17) is 11.5 Å². The number of amides is 3. The summed E-state index contributed by atoms with van der Waals surface area (Å²) in [6.45, 7) is 6.21. The number of nitrogens with one attached hydrogen (secondary N) is 1. The van der Waals surface area contributed by atoms with E-state index < -0.39 is 11.9 Å². The third-order valence-electron chi connectivity index (χ3n) is 4.51. The molecule has 0 fully saturated rings. The fourth-order valence-corrected chi connectivity index (χ4v) is 3.12. The molecular weight excluding hydrogens is 378 g/mol. The number of nitrogens with two attached hydrogens (primary N) is 2. The molecule has 7 nitrogen and oxygen atoms in total. The highest BCUT2D eigenvalue weighted by Gasteiger charge is 2.16. The molecule has 0 saturated carbocycles. The van der Waals surface area contributed by atoms with Crippen molar-refractivity contribution < 1.29 is 9.59 Å². The van der Waals surface area contributed by atoms with E-state index in [0.717, 1.165) is 30.5 Å². The molecule has 0 atom stereocenters. The Kier molecular flexibility index (Phi) is 8.17. The van der Waals surface area contributed by atoms with Gasteiger partial charge in [-0.05, 0) is 55.5 Å². The number of carbonyl (C=O) groups excluding carboxylic acids is 2. The van der Waals surface area contributed by atoms with Crippen LogP contribution in [0.15, 0.2) is 60.3 Å². The molecule has 0 spiro atoms. The summed E-state index contributed by atoms with van der Waals surface area (Å²) < 4.78 is 1.48. The zero-order chi connectivity index (χ0) is 22.1. The number of hydrogen-bond acceptors (Lipinski definition) is 3. The molecular formula is C23H29N5O2. The molecule has 30 heavy (non-hydrogen) atoms. The molecule has 0 saturated heterocycles. The van der Waals surface area contributed by atoms with Gasteiger partial charge in [0.05, 0.1) is 5.69 Å². The Balaban J connectivity index is 2.45. The number of aromatic nitrogens is 2. The van der Waals surface area contributed by atoms with Gasteiger partial charge in [-0.3, -0.25) is 10.1 Å². The Morgan fingerprint density at radius 1 is 1.10 bits per heavy atom. The van der Waals surface area contributed by atoms with Crippen molar-refractivity contribution >= 4 is 23.3 Å². The summed E-state index contributed by atoms with van der Waals surface area (Å²) in [5.41, 5.74) is 14.9. The first-order valence-electron chi connectivity index (χ1n) is 9.96. The van der Waals surface area contributed by atoms with Crippen molar-refractivity contribution in [2.45, 2.75) is 40.0 Å². The van der Waals surface area contributed by atoms with E-state index >= 15 is 0 Å². The summed E-state index contributed by atoms with van der Waals surface area (Å²) >= 11 is 0. The molecule has 5 N–H and O–H groups in total. The summed E-state index contributed by atoms with van der Waals surface area (Å²) in [5, 5.41) is 6.55. The van der Waals surface area contributed by atoms with Gasteiger partial charge in [0.15, 0.2) is 5.82 Å². The lowest BCUT2D eigenvalue weighted by molar-refractivity contribution is 0.100. The smallest absolute Gasteiger partial charge is 0.317 e. The second-order valence-electron chi connectivity index (χ2n) is 6.78. The molecule has 0 unspecified atom stereocenters. The molecule has 1 heterocycles. The SMILES string of the molecule is C\C=C/C(CCCC)=C(/C=C\C)c1ccc(-n2cc(C(N)=O)c(NC(N)=O)n2)cc1. The van der Waals surface area contributed by atoms with Crippen LogP contribution in [0.4, 0.5) is 10.6 Å². The third kappa shape index (κ3) is 5.70. The van der Waals surface area contributed by atoms with Gasteiger partial charge < -0.3 is 11.5 Å². The van der Waals surface area contributed by atoms with Gasteiger partial charge in [-0.1, -0.05) is 49.8 Å². The first-order valence-corrected chi connectivity index (χ1v) is 9.96. The minimum Gasteiger partial charge on any atom is -0.365 e. The molecule has 0 aliphatic heterocycles. The third-order valence-corrected chi connectivity index (χ3v) is 4.51. The number of benzene rings is 1. The summed E-state index contributed by atoms with van der Waals surface area (Å²) in [4.78, 5) is 22.8.